The summed E-state index contributed by atoms with van der Waals surface area (Å²) in [6.45, 7) is 2.02. The Labute approximate surface area is 116 Å². The number of hydrogen-bond donors (Lipinski definition) is 0. The van der Waals surface area contributed by atoms with Gasteiger partial charge in [-0.2, -0.15) is 0 Å². The van der Waals surface area contributed by atoms with Gasteiger partial charge in [0, 0.05) is 32.3 Å². The number of nitrogens with zero attached hydrogens (tertiary/aromatic N) is 3. The molecule has 1 aliphatic carbocycles. The second kappa shape index (κ2) is 5.13. The van der Waals surface area contributed by atoms with E-state index < -0.39 is 0 Å². The van der Waals surface area contributed by atoms with E-state index in [0.717, 1.165) is 42.0 Å². The smallest absolute Gasteiger partial charge is 0.146 e. The molecule has 0 spiro atoms. The number of piperidine rings is 1. The lowest BCUT2D eigenvalue weighted by molar-refractivity contribution is 0.0817. The van der Waals surface area contributed by atoms with Crippen LogP contribution in [0.1, 0.15) is 37.4 Å². The topological polar surface area (TPSA) is 38.2 Å². The number of anilines is 1. The van der Waals surface area contributed by atoms with Gasteiger partial charge < -0.3 is 9.64 Å². The number of ether oxygens (including phenoxy) is 1. The minimum Gasteiger partial charge on any atom is -0.381 e. The molecule has 1 saturated carbocycles. The molecule has 0 unspecified atom stereocenters. The van der Waals surface area contributed by atoms with E-state index in [4.69, 9.17) is 9.72 Å². The van der Waals surface area contributed by atoms with Crippen molar-refractivity contribution in [2.75, 3.05) is 25.1 Å². The van der Waals surface area contributed by atoms with E-state index in [1.165, 1.54) is 12.8 Å². The van der Waals surface area contributed by atoms with Gasteiger partial charge in [0.1, 0.15) is 11.6 Å². The summed E-state index contributed by atoms with van der Waals surface area (Å²) in [5.41, 5.74) is 0. The van der Waals surface area contributed by atoms with E-state index in [0.29, 0.717) is 12.0 Å². The predicted octanol–water partition coefficient (Wildman–Crippen LogP) is 2.73. The standard InChI is InChI=1S/C13H18BrN3O/c1-18-10-4-6-17(7-5-10)13-11(14)8-15-12(16-13)9-2-3-9/h8-10H,2-7H2,1H3. The van der Waals surface area contributed by atoms with Crippen molar-refractivity contribution in [2.24, 2.45) is 0 Å². The molecule has 98 valence electrons. The Balaban J connectivity index is 1.76. The van der Waals surface area contributed by atoms with Crippen molar-refractivity contribution in [3.8, 4) is 0 Å². The largest absolute Gasteiger partial charge is 0.381 e. The van der Waals surface area contributed by atoms with Gasteiger partial charge in [0.25, 0.3) is 0 Å². The van der Waals surface area contributed by atoms with Crippen LogP contribution in [-0.2, 0) is 4.74 Å². The Hall–Kier alpha value is -0.680. The van der Waals surface area contributed by atoms with Crippen LogP contribution in [0.4, 0.5) is 5.82 Å². The first-order valence-electron chi connectivity index (χ1n) is 6.58. The van der Waals surface area contributed by atoms with Gasteiger partial charge in [0.15, 0.2) is 0 Å². The third-order valence-electron chi connectivity index (χ3n) is 3.76. The highest BCUT2D eigenvalue weighted by Gasteiger charge is 2.28. The summed E-state index contributed by atoms with van der Waals surface area (Å²) < 4.78 is 6.41. The van der Waals surface area contributed by atoms with E-state index in [-0.39, 0.29) is 0 Å². The van der Waals surface area contributed by atoms with Crippen LogP contribution in [0.5, 0.6) is 0 Å². The fourth-order valence-corrected chi connectivity index (χ4v) is 2.88. The van der Waals surface area contributed by atoms with Crippen molar-refractivity contribution >= 4 is 21.7 Å². The average Bonchev–Trinajstić information content (AvgIpc) is 3.24. The zero-order valence-corrected chi connectivity index (χ0v) is 12.2. The highest BCUT2D eigenvalue weighted by atomic mass is 79.9. The van der Waals surface area contributed by atoms with Gasteiger partial charge in [-0.1, -0.05) is 0 Å². The van der Waals surface area contributed by atoms with Crippen LogP contribution in [0.15, 0.2) is 10.7 Å². The molecule has 0 bridgehead atoms. The molecule has 1 aromatic rings. The van der Waals surface area contributed by atoms with Gasteiger partial charge in [0.2, 0.25) is 0 Å². The number of halogens is 1. The molecule has 0 atom stereocenters. The molecule has 1 aliphatic heterocycles. The highest BCUT2D eigenvalue weighted by Crippen LogP contribution is 2.39. The van der Waals surface area contributed by atoms with Gasteiger partial charge in [-0.15, -0.1) is 0 Å². The third kappa shape index (κ3) is 2.52. The minimum absolute atomic E-state index is 0.407. The molecule has 2 heterocycles. The summed E-state index contributed by atoms with van der Waals surface area (Å²) in [4.78, 5) is 11.5. The van der Waals surface area contributed by atoms with Crippen LogP contribution in [0.3, 0.4) is 0 Å². The van der Waals surface area contributed by atoms with Crippen LogP contribution >= 0.6 is 15.9 Å². The summed E-state index contributed by atoms with van der Waals surface area (Å²) in [7, 11) is 1.80. The lowest BCUT2D eigenvalue weighted by Gasteiger charge is -2.32. The number of methoxy groups -OCH3 is 1. The monoisotopic (exact) mass is 311 g/mol. The van der Waals surface area contributed by atoms with Gasteiger partial charge in [-0.3, -0.25) is 0 Å². The summed E-state index contributed by atoms with van der Waals surface area (Å²) >= 11 is 3.57. The predicted molar refractivity (Wildman–Crippen MR) is 74.0 cm³/mol. The maximum atomic E-state index is 5.41. The zero-order valence-electron chi connectivity index (χ0n) is 10.6. The second-order valence-corrected chi connectivity index (χ2v) is 5.95. The zero-order chi connectivity index (χ0) is 12.5. The van der Waals surface area contributed by atoms with Crippen molar-refractivity contribution in [2.45, 2.75) is 37.7 Å². The van der Waals surface area contributed by atoms with E-state index >= 15 is 0 Å². The molecule has 2 fully saturated rings. The van der Waals surface area contributed by atoms with Crippen molar-refractivity contribution < 1.29 is 4.74 Å². The van der Waals surface area contributed by atoms with Crippen molar-refractivity contribution in [3.05, 3.63) is 16.5 Å². The third-order valence-corrected chi connectivity index (χ3v) is 4.32. The SMILES string of the molecule is COC1CCN(c2nc(C3CC3)ncc2Br)CC1. The van der Waals surface area contributed by atoms with Crippen molar-refractivity contribution in [3.63, 3.8) is 0 Å². The summed E-state index contributed by atoms with van der Waals surface area (Å²) in [6, 6.07) is 0. The van der Waals surface area contributed by atoms with Gasteiger partial charge in [-0.05, 0) is 41.6 Å². The van der Waals surface area contributed by atoms with E-state index in [1.807, 2.05) is 6.20 Å². The molecule has 18 heavy (non-hydrogen) atoms. The molecule has 4 nitrogen and oxygen atoms in total. The first-order chi connectivity index (χ1) is 8.78. The van der Waals surface area contributed by atoms with Crippen LogP contribution in [0.25, 0.3) is 0 Å². The average molecular weight is 312 g/mol. The maximum Gasteiger partial charge on any atom is 0.146 e. The molecular formula is C13H18BrN3O. The molecule has 0 radical (unpaired) electrons. The maximum absolute atomic E-state index is 5.41. The number of rotatable bonds is 3. The van der Waals surface area contributed by atoms with Crippen LogP contribution in [0, 0.1) is 0 Å². The molecule has 0 N–H and O–H groups in total. The molecule has 0 aromatic carbocycles. The molecule has 1 aromatic heterocycles. The summed E-state index contributed by atoms with van der Waals surface area (Å²) in [5, 5.41) is 0. The fraction of sp³-hybridized carbons (Fsp3) is 0.692. The van der Waals surface area contributed by atoms with Gasteiger partial charge >= 0.3 is 0 Å². The van der Waals surface area contributed by atoms with Crippen molar-refractivity contribution in [1.82, 2.24) is 9.97 Å². The molecule has 3 rings (SSSR count). The molecule has 0 amide bonds. The Kier molecular flexibility index (Phi) is 3.52. The Bertz CT molecular complexity index is 428. The normalized spacial score (nSPS) is 21.3. The highest BCUT2D eigenvalue weighted by molar-refractivity contribution is 9.10. The Morgan fingerprint density at radius 2 is 2.00 bits per heavy atom. The first kappa shape index (κ1) is 12.4. The van der Waals surface area contributed by atoms with Crippen molar-refractivity contribution in [1.29, 1.82) is 0 Å². The van der Waals surface area contributed by atoms with Gasteiger partial charge in [0.05, 0.1) is 10.6 Å². The quantitative estimate of drug-likeness (QED) is 0.860. The Morgan fingerprint density at radius 3 is 2.61 bits per heavy atom. The number of hydrogen-bond acceptors (Lipinski definition) is 4. The molecular weight excluding hydrogens is 294 g/mol. The summed E-state index contributed by atoms with van der Waals surface area (Å²) in [6.07, 6.45) is 6.94. The fourth-order valence-electron chi connectivity index (χ4n) is 2.43. The lowest BCUT2D eigenvalue weighted by atomic mass is 10.1. The van der Waals surface area contributed by atoms with Crippen LogP contribution in [0.2, 0.25) is 0 Å². The number of aromatic nitrogens is 2. The first-order valence-corrected chi connectivity index (χ1v) is 7.37. The van der Waals surface area contributed by atoms with Crippen LogP contribution < -0.4 is 4.90 Å². The second-order valence-electron chi connectivity index (χ2n) is 5.10. The van der Waals surface area contributed by atoms with E-state index in [2.05, 4.69) is 25.8 Å². The van der Waals surface area contributed by atoms with Gasteiger partial charge in [-0.25, -0.2) is 9.97 Å². The minimum atomic E-state index is 0.407. The molecule has 5 heteroatoms. The van der Waals surface area contributed by atoms with E-state index in [9.17, 15) is 0 Å². The molecule has 1 saturated heterocycles. The molecule has 2 aliphatic rings. The van der Waals surface area contributed by atoms with E-state index in [1.54, 1.807) is 7.11 Å². The lowest BCUT2D eigenvalue weighted by Crippen LogP contribution is -2.37. The Morgan fingerprint density at radius 1 is 1.28 bits per heavy atom. The van der Waals surface area contributed by atoms with Crippen LogP contribution in [-0.4, -0.2) is 36.3 Å². The summed E-state index contributed by atoms with van der Waals surface area (Å²) in [5.74, 6) is 2.68.